The Morgan fingerprint density at radius 2 is 2.29 bits per heavy atom. The number of methoxy groups -OCH3 is 1. The second kappa shape index (κ2) is 8.50. The molecule has 1 aliphatic rings. The van der Waals surface area contributed by atoms with E-state index in [-0.39, 0.29) is 23.9 Å². The highest BCUT2D eigenvalue weighted by Crippen LogP contribution is 2.32. The minimum absolute atomic E-state index is 0.178. The Hall–Kier alpha value is -2.10. The summed E-state index contributed by atoms with van der Waals surface area (Å²) in [7, 11) is 1.61. The minimum Gasteiger partial charge on any atom is -0.477 e. The van der Waals surface area contributed by atoms with Gasteiger partial charge in [0, 0.05) is 20.2 Å². The van der Waals surface area contributed by atoms with E-state index in [1.54, 1.807) is 14.0 Å². The summed E-state index contributed by atoms with van der Waals surface area (Å²) in [5.41, 5.74) is 1.48. The second-order valence-electron chi connectivity index (χ2n) is 6.70. The molecule has 2 aromatic heterocycles. The zero-order valence-corrected chi connectivity index (χ0v) is 17.5. The van der Waals surface area contributed by atoms with E-state index in [9.17, 15) is 14.7 Å². The number of anilines is 1. The number of aryl methyl sites for hydroxylation is 2. The average Bonchev–Trinajstić information content (AvgIpc) is 3.24. The third kappa shape index (κ3) is 4.16. The molecule has 0 aliphatic carbocycles. The summed E-state index contributed by atoms with van der Waals surface area (Å²) in [5.74, 6) is -1.04. The minimum atomic E-state index is -0.914. The largest absolute Gasteiger partial charge is 0.477 e. The lowest BCUT2D eigenvalue weighted by molar-refractivity contribution is 0.0539. The lowest BCUT2D eigenvalue weighted by atomic mass is 10.0. The van der Waals surface area contributed by atoms with Gasteiger partial charge in [0.25, 0.3) is 5.91 Å². The van der Waals surface area contributed by atoms with Crippen molar-refractivity contribution >= 4 is 39.8 Å². The van der Waals surface area contributed by atoms with Crippen LogP contribution in [0.1, 0.15) is 44.9 Å². The molecular formula is C18H23ClN4O4S. The first kappa shape index (κ1) is 20.6. The quantitative estimate of drug-likeness (QED) is 0.655. The van der Waals surface area contributed by atoms with Crippen LogP contribution in [0.25, 0.3) is 0 Å². The van der Waals surface area contributed by atoms with Gasteiger partial charge in [0.05, 0.1) is 22.8 Å². The number of aromatic carboxylic acids is 1. The standard InChI is InChI=1S/C18H23ClN4O4S/c1-4-10-15(19)22-16(20-10)17(24)21-11-5-6-23(8-12(11)27-3)13-7-9(2)14(28-13)18(25)26/h7,11-12H,4-6,8H2,1-3H3,(H,20,22)(H,21,24)(H,25,26)/t11-,12+/m1/s1. The number of thiophene rings is 1. The number of carbonyl (C=O) groups excluding carboxylic acids is 1. The Kier molecular flexibility index (Phi) is 6.26. The predicted octanol–water partition coefficient (Wildman–Crippen LogP) is 2.72. The van der Waals surface area contributed by atoms with E-state index in [1.165, 1.54) is 11.3 Å². The van der Waals surface area contributed by atoms with Gasteiger partial charge in [-0.15, -0.1) is 11.3 Å². The van der Waals surface area contributed by atoms with Gasteiger partial charge in [-0.05, 0) is 31.4 Å². The number of ether oxygens (including phenoxy) is 1. The molecule has 0 aromatic carbocycles. The van der Waals surface area contributed by atoms with E-state index in [0.29, 0.717) is 36.0 Å². The van der Waals surface area contributed by atoms with Crippen LogP contribution >= 0.6 is 22.9 Å². The molecule has 152 valence electrons. The number of carboxylic acids is 1. The highest BCUT2D eigenvalue weighted by atomic mass is 35.5. The number of carbonyl (C=O) groups is 2. The summed E-state index contributed by atoms with van der Waals surface area (Å²) in [6, 6.07) is 1.71. The summed E-state index contributed by atoms with van der Waals surface area (Å²) < 4.78 is 5.60. The molecule has 0 radical (unpaired) electrons. The van der Waals surface area contributed by atoms with Crippen LogP contribution in [0.4, 0.5) is 5.00 Å². The molecule has 8 nitrogen and oxygen atoms in total. The van der Waals surface area contributed by atoms with Crippen LogP contribution in [0, 0.1) is 6.92 Å². The Morgan fingerprint density at radius 3 is 2.86 bits per heavy atom. The van der Waals surface area contributed by atoms with Crippen LogP contribution in [0.15, 0.2) is 6.07 Å². The number of carboxylic acid groups (broad SMARTS) is 1. The normalized spacial score (nSPS) is 19.6. The molecule has 3 N–H and O–H groups in total. The first-order valence-corrected chi connectivity index (χ1v) is 10.2. The molecule has 3 rings (SSSR count). The first-order chi connectivity index (χ1) is 13.3. The fourth-order valence-corrected chi connectivity index (χ4v) is 4.63. The molecule has 1 saturated heterocycles. The van der Waals surface area contributed by atoms with Crippen molar-refractivity contribution in [3.8, 4) is 0 Å². The van der Waals surface area contributed by atoms with Gasteiger partial charge in [0.1, 0.15) is 4.88 Å². The first-order valence-electron chi connectivity index (χ1n) is 9.00. The molecule has 28 heavy (non-hydrogen) atoms. The number of halogens is 1. The van der Waals surface area contributed by atoms with Crippen molar-refractivity contribution < 1.29 is 19.4 Å². The maximum atomic E-state index is 12.5. The summed E-state index contributed by atoms with van der Waals surface area (Å²) in [6.45, 7) is 4.96. The molecule has 1 amide bonds. The molecule has 0 unspecified atom stereocenters. The lowest BCUT2D eigenvalue weighted by Gasteiger charge is -2.38. The van der Waals surface area contributed by atoms with Crippen molar-refractivity contribution in [2.45, 2.75) is 38.8 Å². The third-order valence-electron chi connectivity index (χ3n) is 4.89. The number of imidazole rings is 1. The van der Waals surface area contributed by atoms with Crippen molar-refractivity contribution in [3.05, 3.63) is 33.2 Å². The Morgan fingerprint density at radius 1 is 1.54 bits per heavy atom. The number of hydrogen-bond donors (Lipinski definition) is 3. The van der Waals surface area contributed by atoms with E-state index in [4.69, 9.17) is 16.3 Å². The molecule has 1 fully saturated rings. The number of aromatic nitrogens is 2. The molecule has 2 aromatic rings. The van der Waals surface area contributed by atoms with Crippen molar-refractivity contribution in [2.75, 3.05) is 25.1 Å². The highest BCUT2D eigenvalue weighted by Gasteiger charge is 2.32. The molecular weight excluding hydrogens is 404 g/mol. The van der Waals surface area contributed by atoms with Gasteiger partial charge in [0.2, 0.25) is 0 Å². The molecule has 3 heterocycles. The van der Waals surface area contributed by atoms with E-state index in [1.807, 2.05) is 13.0 Å². The van der Waals surface area contributed by atoms with E-state index in [2.05, 4.69) is 20.2 Å². The monoisotopic (exact) mass is 426 g/mol. The number of hydrogen-bond acceptors (Lipinski definition) is 6. The Labute approximate surface area is 171 Å². The van der Waals surface area contributed by atoms with Crippen LogP contribution in [-0.2, 0) is 11.2 Å². The smallest absolute Gasteiger partial charge is 0.346 e. The summed E-state index contributed by atoms with van der Waals surface area (Å²) in [4.78, 5) is 33.3. The number of H-pyrrole nitrogens is 1. The molecule has 2 atom stereocenters. The van der Waals surface area contributed by atoms with Gasteiger partial charge in [-0.3, -0.25) is 4.79 Å². The van der Waals surface area contributed by atoms with Gasteiger partial charge >= 0.3 is 5.97 Å². The predicted molar refractivity (Wildman–Crippen MR) is 108 cm³/mol. The lowest BCUT2D eigenvalue weighted by Crippen LogP contribution is -2.55. The van der Waals surface area contributed by atoms with Crippen LogP contribution in [-0.4, -0.2) is 59.3 Å². The van der Waals surface area contributed by atoms with Gasteiger partial charge in [-0.2, -0.15) is 0 Å². The van der Waals surface area contributed by atoms with E-state index < -0.39 is 5.97 Å². The van der Waals surface area contributed by atoms with Gasteiger partial charge < -0.3 is 25.0 Å². The van der Waals surface area contributed by atoms with Gasteiger partial charge in [-0.1, -0.05) is 18.5 Å². The number of nitrogens with zero attached hydrogens (tertiary/aromatic N) is 2. The Bertz CT molecular complexity index is 881. The SMILES string of the molecule is CCc1[nH]c(C(=O)N[C@@H]2CCN(c3cc(C)c(C(=O)O)s3)C[C@@H]2OC)nc1Cl. The average molecular weight is 427 g/mol. The molecule has 0 spiro atoms. The molecule has 0 bridgehead atoms. The number of nitrogens with one attached hydrogen (secondary N) is 2. The molecule has 0 saturated carbocycles. The summed E-state index contributed by atoms with van der Waals surface area (Å²) >= 11 is 7.28. The van der Waals surface area contributed by atoms with Crippen molar-refractivity contribution in [1.29, 1.82) is 0 Å². The van der Waals surface area contributed by atoms with Crippen LogP contribution in [0.5, 0.6) is 0 Å². The maximum absolute atomic E-state index is 12.5. The fraction of sp³-hybridized carbons (Fsp3) is 0.500. The third-order valence-corrected chi connectivity index (χ3v) is 6.48. The van der Waals surface area contributed by atoms with Crippen molar-refractivity contribution in [2.24, 2.45) is 0 Å². The molecule has 1 aliphatic heterocycles. The van der Waals surface area contributed by atoms with E-state index in [0.717, 1.165) is 16.3 Å². The zero-order chi connectivity index (χ0) is 20.4. The van der Waals surface area contributed by atoms with Crippen LogP contribution in [0.2, 0.25) is 5.15 Å². The number of amides is 1. The fourth-order valence-electron chi connectivity index (χ4n) is 3.32. The van der Waals surface area contributed by atoms with Gasteiger partial charge in [0.15, 0.2) is 11.0 Å². The number of piperidine rings is 1. The highest BCUT2D eigenvalue weighted by molar-refractivity contribution is 7.18. The topological polar surface area (TPSA) is 108 Å². The Balaban J connectivity index is 1.68. The number of rotatable bonds is 6. The molecule has 10 heteroatoms. The summed E-state index contributed by atoms with van der Waals surface area (Å²) in [5, 5.41) is 13.4. The van der Waals surface area contributed by atoms with E-state index >= 15 is 0 Å². The van der Waals surface area contributed by atoms with Crippen molar-refractivity contribution in [3.63, 3.8) is 0 Å². The second-order valence-corrected chi connectivity index (χ2v) is 8.09. The van der Waals surface area contributed by atoms with Gasteiger partial charge in [-0.25, -0.2) is 9.78 Å². The zero-order valence-electron chi connectivity index (χ0n) is 15.9. The van der Waals surface area contributed by atoms with Crippen LogP contribution < -0.4 is 10.2 Å². The number of aromatic amines is 1. The summed E-state index contributed by atoms with van der Waals surface area (Å²) in [6.07, 6.45) is 1.10. The maximum Gasteiger partial charge on any atom is 0.346 e. The van der Waals surface area contributed by atoms with Crippen molar-refractivity contribution in [1.82, 2.24) is 15.3 Å². The van der Waals surface area contributed by atoms with Crippen LogP contribution in [0.3, 0.4) is 0 Å².